The first kappa shape index (κ1) is 24.1. The molecule has 6 heteroatoms. The molecule has 6 nitrogen and oxygen atoms in total. The molecule has 0 atom stereocenters. The van der Waals surface area contributed by atoms with Gasteiger partial charge in [-0.2, -0.15) is 15.2 Å². The fourth-order valence-corrected chi connectivity index (χ4v) is 4.46. The number of hydrazone groups is 1. The molecule has 1 aliphatic heterocycles. The molecule has 0 bridgehead atoms. The second-order valence-corrected chi connectivity index (χ2v) is 9.21. The van der Waals surface area contributed by atoms with Gasteiger partial charge >= 0.3 is 0 Å². The molecule has 0 spiro atoms. The lowest BCUT2D eigenvalue weighted by Crippen LogP contribution is -2.21. The summed E-state index contributed by atoms with van der Waals surface area (Å²) >= 11 is 0. The van der Waals surface area contributed by atoms with E-state index < -0.39 is 0 Å². The quantitative estimate of drug-likeness (QED) is 0.223. The zero-order chi connectivity index (χ0) is 26.6. The van der Waals surface area contributed by atoms with E-state index >= 15 is 0 Å². The van der Waals surface area contributed by atoms with E-state index in [0.717, 1.165) is 39.5 Å². The zero-order valence-corrected chi connectivity index (χ0v) is 21.4. The van der Waals surface area contributed by atoms with Crippen molar-refractivity contribution in [2.24, 2.45) is 5.10 Å². The van der Waals surface area contributed by atoms with Crippen LogP contribution in [0.4, 0.5) is 5.69 Å². The first-order chi connectivity index (χ1) is 19.2. The Balaban J connectivity index is 1.33. The standard InChI is InChI=1S/C33H26N4O2/c1-24-31(33(38)37(34-24)29-15-9-4-10-16-29)21-27-22-36(28-13-7-3-8-14-28)35-32(27)26-17-19-30(20-18-26)39-23-25-11-5-2-6-12-25/h2-22H,23H2,1H3/b31-21-. The zero-order valence-electron chi connectivity index (χ0n) is 21.4. The second-order valence-electron chi connectivity index (χ2n) is 9.21. The van der Waals surface area contributed by atoms with E-state index in [1.165, 1.54) is 5.01 Å². The van der Waals surface area contributed by atoms with Crippen molar-refractivity contribution in [1.82, 2.24) is 9.78 Å². The maximum Gasteiger partial charge on any atom is 0.280 e. The SMILES string of the molecule is CC1=NN(c2ccccc2)C(=O)/C1=C\c1cn(-c2ccccc2)nc1-c1ccc(OCc2ccccc2)cc1. The Kier molecular flexibility index (Phi) is 6.58. The number of carbonyl (C=O) groups is 1. The average Bonchev–Trinajstić information content (AvgIpc) is 3.54. The number of amides is 1. The molecular weight excluding hydrogens is 484 g/mol. The summed E-state index contributed by atoms with van der Waals surface area (Å²) in [5.41, 5.74) is 6.48. The van der Waals surface area contributed by atoms with Crippen LogP contribution in [0.5, 0.6) is 5.75 Å². The fraction of sp³-hybridized carbons (Fsp3) is 0.0606. The Morgan fingerprint density at radius 2 is 1.38 bits per heavy atom. The molecule has 0 N–H and O–H groups in total. The van der Waals surface area contributed by atoms with E-state index in [1.54, 1.807) is 0 Å². The highest BCUT2D eigenvalue weighted by Gasteiger charge is 2.29. The van der Waals surface area contributed by atoms with Crippen LogP contribution in [-0.2, 0) is 11.4 Å². The summed E-state index contributed by atoms with van der Waals surface area (Å²) in [5.74, 6) is 0.610. The van der Waals surface area contributed by atoms with E-state index in [1.807, 2.05) is 139 Å². The van der Waals surface area contributed by atoms with Gasteiger partial charge in [0.25, 0.3) is 5.91 Å². The number of ether oxygens (including phenoxy) is 1. The van der Waals surface area contributed by atoms with Gasteiger partial charge in [-0.1, -0.05) is 66.7 Å². The monoisotopic (exact) mass is 510 g/mol. The van der Waals surface area contributed by atoms with E-state index in [2.05, 4.69) is 5.10 Å². The third-order valence-electron chi connectivity index (χ3n) is 6.50. The van der Waals surface area contributed by atoms with Crippen molar-refractivity contribution in [1.29, 1.82) is 0 Å². The van der Waals surface area contributed by atoms with Crippen LogP contribution in [0.15, 0.2) is 132 Å². The molecule has 0 saturated heterocycles. The summed E-state index contributed by atoms with van der Waals surface area (Å²) in [5, 5.41) is 10.9. The van der Waals surface area contributed by atoms with Crippen molar-refractivity contribution < 1.29 is 9.53 Å². The van der Waals surface area contributed by atoms with Gasteiger partial charge in [-0.25, -0.2) is 4.68 Å². The van der Waals surface area contributed by atoms with Crippen LogP contribution < -0.4 is 9.75 Å². The number of carbonyl (C=O) groups excluding carboxylic acids is 1. The molecule has 1 aliphatic rings. The Labute approximate surface area is 227 Å². The summed E-state index contributed by atoms with van der Waals surface area (Å²) < 4.78 is 7.81. The van der Waals surface area contributed by atoms with Crippen molar-refractivity contribution in [2.75, 3.05) is 5.01 Å². The van der Waals surface area contributed by atoms with Crippen LogP contribution in [0.2, 0.25) is 0 Å². The predicted molar refractivity (Wildman–Crippen MR) is 155 cm³/mol. The summed E-state index contributed by atoms with van der Waals surface area (Å²) in [6.45, 7) is 2.35. The first-order valence-corrected chi connectivity index (χ1v) is 12.7. The predicted octanol–water partition coefficient (Wildman–Crippen LogP) is 6.92. The van der Waals surface area contributed by atoms with Gasteiger partial charge < -0.3 is 4.74 Å². The smallest absolute Gasteiger partial charge is 0.280 e. The number of hydrogen-bond donors (Lipinski definition) is 0. The minimum atomic E-state index is -0.165. The van der Waals surface area contributed by atoms with E-state index in [-0.39, 0.29) is 5.91 Å². The highest BCUT2D eigenvalue weighted by Crippen LogP contribution is 2.30. The van der Waals surface area contributed by atoms with Crippen LogP contribution in [0.1, 0.15) is 18.1 Å². The summed E-state index contributed by atoms with van der Waals surface area (Å²) in [6.07, 6.45) is 3.83. The van der Waals surface area contributed by atoms with Crippen molar-refractivity contribution in [3.63, 3.8) is 0 Å². The largest absolute Gasteiger partial charge is 0.489 e. The molecule has 0 fully saturated rings. The Bertz CT molecular complexity index is 1660. The molecule has 5 aromatic rings. The Hall–Kier alpha value is -5.23. The molecule has 0 unspecified atom stereocenters. The number of benzene rings is 4. The van der Waals surface area contributed by atoms with Crippen molar-refractivity contribution in [3.05, 3.63) is 138 Å². The van der Waals surface area contributed by atoms with Crippen LogP contribution in [0.3, 0.4) is 0 Å². The van der Waals surface area contributed by atoms with Gasteiger partial charge in [0.1, 0.15) is 12.4 Å². The number of aromatic nitrogens is 2. The van der Waals surface area contributed by atoms with Crippen LogP contribution in [0, 0.1) is 0 Å². The molecule has 1 amide bonds. The van der Waals surface area contributed by atoms with Gasteiger partial charge in [-0.3, -0.25) is 4.79 Å². The lowest BCUT2D eigenvalue weighted by molar-refractivity contribution is -0.114. The number of nitrogens with zero attached hydrogens (tertiary/aromatic N) is 4. The second kappa shape index (κ2) is 10.6. The number of para-hydroxylation sites is 2. The highest BCUT2D eigenvalue weighted by molar-refractivity contribution is 6.32. The fourth-order valence-electron chi connectivity index (χ4n) is 4.46. The lowest BCUT2D eigenvalue weighted by Gasteiger charge is -2.11. The van der Waals surface area contributed by atoms with Gasteiger partial charge in [0.05, 0.1) is 28.4 Å². The van der Waals surface area contributed by atoms with Crippen molar-refractivity contribution in [3.8, 4) is 22.7 Å². The number of hydrogen-bond acceptors (Lipinski definition) is 4. The molecule has 1 aromatic heterocycles. The van der Waals surface area contributed by atoms with Crippen LogP contribution >= 0.6 is 0 Å². The molecule has 0 aliphatic carbocycles. The number of anilines is 1. The molecule has 6 rings (SSSR count). The topological polar surface area (TPSA) is 59.7 Å². The molecular formula is C33H26N4O2. The summed E-state index contributed by atoms with van der Waals surface area (Å²) in [6, 6.07) is 37.3. The van der Waals surface area contributed by atoms with Gasteiger partial charge in [0, 0.05) is 17.3 Å². The van der Waals surface area contributed by atoms with Crippen molar-refractivity contribution >= 4 is 23.4 Å². The molecule has 39 heavy (non-hydrogen) atoms. The number of rotatable bonds is 7. The Morgan fingerprint density at radius 1 is 0.769 bits per heavy atom. The minimum absolute atomic E-state index is 0.165. The van der Waals surface area contributed by atoms with Crippen LogP contribution in [-0.4, -0.2) is 21.4 Å². The van der Waals surface area contributed by atoms with Gasteiger partial charge in [0.2, 0.25) is 0 Å². The molecule has 2 heterocycles. The normalized spacial score (nSPS) is 14.1. The third-order valence-corrected chi connectivity index (χ3v) is 6.50. The van der Waals surface area contributed by atoms with E-state index in [9.17, 15) is 4.79 Å². The molecule has 4 aromatic carbocycles. The average molecular weight is 511 g/mol. The maximum atomic E-state index is 13.4. The maximum absolute atomic E-state index is 13.4. The molecule has 0 radical (unpaired) electrons. The summed E-state index contributed by atoms with van der Waals surface area (Å²) in [4.78, 5) is 13.4. The lowest BCUT2D eigenvalue weighted by atomic mass is 10.0. The van der Waals surface area contributed by atoms with E-state index in [4.69, 9.17) is 9.84 Å². The highest BCUT2D eigenvalue weighted by atomic mass is 16.5. The van der Waals surface area contributed by atoms with Gasteiger partial charge in [0.15, 0.2) is 0 Å². The van der Waals surface area contributed by atoms with Crippen molar-refractivity contribution in [2.45, 2.75) is 13.5 Å². The van der Waals surface area contributed by atoms with Gasteiger partial charge in [-0.15, -0.1) is 0 Å². The molecule has 190 valence electrons. The summed E-state index contributed by atoms with van der Waals surface area (Å²) in [7, 11) is 0. The first-order valence-electron chi connectivity index (χ1n) is 12.7. The van der Waals surface area contributed by atoms with Crippen LogP contribution in [0.25, 0.3) is 23.0 Å². The molecule has 0 saturated carbocycles. The van der Waals surface area contributed by atoms with Gasteiger partial charge in [-0.05, 0) is 67.1 Å². The third kappa shape index (κ3) is 5.13. The Morgan fingerprint density at radius 3 is 2.05 bits per heavy atom. The minimum Gasteiger partial charge on any atom is -0.489 e. The van der Waals surface area contributed by atoms with E-state index in [0.29, 0.717) is 17.9 Å².